The molecule has 0 atom stereocenters. The van der Waals surface area contributed by atoms with Crippen LogP contribution in [-0.4, -0.2) is 38.4 Å². The van der Waals surface area contributed by atoms with E-state index in [-0.39, 0.29) is 17.3 Å². The Balaban J connectivity index is 2.25. The van der Waals surface area contributed by atoms with Gasteiger partial charge in [-0.05, 0) is 18.9 Å². The largest absolute Gasteiger partial charge is 0.504 e. The van der Waals surface area contributed by atoms with Crippen molar-refractivity contribution in [2.45, 2.75) is 18.8 Å². The summed E-state index contributed by atoms with van der Waals surface area (Å²) in [7, 11) is 1.03. The number of hydrogen-bond acceptors (Lipinski definition) is 9. The Morgan fingerprint density at radius 3 is 2.74 bits per heavy atom. The highest BCUT2D eigenvalue weighted by atomic mass is 16.6. The van der Waals surface area contributed by atoms with Crippen LogP contribution < -0.4 is 0 Å². The van der Waals surface area contributed by atoms with Crippen LogP contribution in [0.25, 0.3) is 11.4 Å². The quantitative estimate of drug-likeness (QED) is 0.371. The van der Waals surface area contributed by atoms with E-state index in [4.69, 9.17) is 4.52 Å². The summed E-state index contributed by atoms with van der Waals surface area (Å²) < 4.78 is 9.58. The highest BCUT2D eigenvalue weighted by Gasteiger charge is 2.35. The van der Waals surface area contributed by atoms with Crippen molar-refractivity contribution in [3.63, 3.8) is 0 Å². The Bertz CT molecular complexity index is 810. The third-order valence-electron chi connectivity index (χ3n) is 3.44. The molecule has 0 unspecified atom stereocenters. The van der Waals surface area contributed by atoms with E-state index in [0.29, 0.717) is 5.89 Å². The number of methoxy groups -OCH3 is 1. The van der Waals surface area contributed by atoms with E-state index in [9.17, 15) is 25.1 Å². The molecule has 2 aromatic rings. The molecule has 0 bridgehead atoms. The van der Waals surface area contributed by atoms with E-state index in [0.717, 1.165) is 26.0 Å². The van der Waals surface area contributed by atoms with E-state index >= 15 is 0 Å². The molecule has 3 rings (SSSR count). The number of nitrogens with zero attached hydrogens (tertiary/aromatic N) is 3. The molecule has 1 aromatic carbocycles. The number of phenolic OH excluding ortho intramolecular Hbond substituents is 2. The van der Waals surface area contributed by atoms with Gasteiger partial charge in [0.2, 0.25) is 17.5 Å². The van der Waals surface area contributed by atoms with Crippen LogP contribution in [0.15, 0.2) is 10.6 Å². The van der Waals surface area contributed by atoms with Crippen LogP contribution in [0.1, 0.15) is 35.0 Å². The number of nitro benzene ring substituents is 1. The normalized spacial score (nSPS) is 13.8. The smallest absolute Gasteiger partial charge is 0.345 e. The summed E-state index contributed by atoms with van der Waals surface area (Å²) >= 11 is 0. The molecule has 1 saturated carbocycles. The zero-order chi connectivity index (χ0) is 16.7. The van der Waals surface area contributed by atoms with Crippen LogP contribution in [0.5, 0.6) is 11.5 Å². The lowest BCUT2D eigenvalue weighted by atomic mass is 10.0. The average Bonchev–Trinajstić information content (AvgIpc) is 3.25. The van der Waals surface area contributed by atoms with Crippen LogP contribution in [0.4, 0.5) is 5.69 Å². The SMILES string of the molecule is COC(=O)c1c(-c2noc(C3CC3)n2)cc(O)c(O)c1[N+](=O)[O-]. The topological polar surface area (TPSA) is 149 Å². The lowest BCUT2D eigenvalue weighted by Gasteiger charge is -2.08. The predicted octanol–water partition coefficient (Wildman–Crippen LogP) is 1.72. The molecule has 2 N–H and O–H groups in total. The minimum absolute atomic E-state index is 0.106. The van der Waals surface area contributed by atoms with Crippen LogP contribution in [0.2, 0.25) is 0 Å². The fraction of sp³-hybridized carbons (Fsp3) is 0.308. The van der Waals surface area contributed by atoms with Gasteiger partial charge in [0.15, 0.2) is 11.3 Å². The summed E-state index contributed by atoms with van der Waals surface area (Å²) in [5.74, 6) is -2.50. The highest BCUT2D eigenvalue weighted by molar-refractivity contribution is 6.02. The van der Waals surface area contributed by atoms with Crippen molar-refractivity contribution in [1.29, 1.82) is 0 Å². The summed E-state index contributed by atoms with van der Waals surface area (Å²) in [6.07, 6.45) is 1.79. The summed E-state index contributed by atoms with van der Waals surface area (Å²) in [6.45, 7) is 0. The lowest BCUT2D eigenvalue weighted by molar-refractivity contribution is -0.386. The van der Waals surface area contributed by atoms with Gasteiger partial charge in [-0.2, -0.15) is 4.98 Å². The fourth-order valence-electron chi connectivity index (χ4n) is 2.15. The molecule has 10 nitrogen and oxygen atoms in total. The van der Waals surface area contributed by atoms with E-state index in [1.165, 1.54) is 0 Å². The van der Waals surface area contributed by atoms with Gasteiger partial charge in [0.1, 0.15) is 0 Å². The molecule has 1 aliphatic rings. The van der Waals surface area contributed by atoms with Crippen molar-refractivity contribution < 1.29 is 29.2 Å². The molecule has 23 heavy (non-hydrogen) atoms. The number of carbonyl (C=O) groups is 1. The number of aromatic nitrogens is 2. The molecule has 0 radical (unpaired) electrons. The van der Waals surface area contributed by atoms with Crippen molar-refractivity contribution in [2.24, 2.45) is 0 Å². The number of esters is 1. The second-order valence-corrected chi connectivity index (χ2v) is 4.99. The number of benzene rings is 1. The maximum absolute atomic E-state index is 11.9. The molecular weight excluding hydrogens is 310 g/mol. The molecule has 1 aliphatic carbocycles. The van der Waals surface area contributed by atoms with Gasteiger partial charge in [-0.3, -0.25) is 10.1 Å². The van der Waals surface area contributed by atoms with Gasteiger partial charge in [-0.25, -0.2) is 4.79 Å². The van der Waals surface area contributed by atoms with Crippen molar-refractivity contribution in [2.75, 3.05) is 7.11 Å². The van der Waals surface area contributed by atoms with Gasteiger partial charge in [-0.15, -0.1) is 0 Å². The summed E-state index contributed by atoms with van der Waals surface area (Å²) in [4.78, 5) is 26.2. The minimum Gasteiger partial charge on any atom is -0.504 e. The van der Waals surface area contributed by atoms with Crippen molar-refractivity contribution in [1.82, 2.24) is 10.1 Å². The Morgan fingerprint density at radius 2 is 2.17 bits per heavy atom. The maximum Gasteiger partial charge on any atom is 0.345 e. The third-order valence-corrected chi connectivity index (χ3v) is 3.44. The van der Waals surface area contributed by atoms with Gasteiger partial charge in [0.05, 0.1) is 12.0 Å². The maximum atomic E-state index is 11.9. The number of hydrogen-bond donors (Lipinski definition) is 2. The van der Waals surface area contributed by atoms with Gasteiger partial charge in [0, 0.05) is 11.5 Å². The van der Waals surface area contributed by atoms with Crippen molar-refractivity contribution >= 4 is 11.7 Å². The molecule has 0 saturated heterocycles. The average molecular weight is 321 g/mol. The summed E-state index contributed by atoms with van der Waals surface area (Å²) in [6, 6.07) is 0.954. The Hall–Kier alpha value is -3.17. The number of rotatable bonds is 4. The number of nitro groups is 1. The highest BCUT2D eigenvalue weighted by Crippen LogP contribution is 2.44. The first-order chi connectivity index (χ1) is 10.9. The summed E-state index contributed by atoms with van der Waals surface area (Å²) in [5, 5.41) is 34.3. The standard InChI is InChI=1S/C13H11N3O7/c1-22-13(19)8-6(4-7(17)10(18)9(8)16(20)21)11-14-12(23-15-11)5-2-3-5/h4-5,17-18H,2-3H2,1H3. The first-order valence-electron chi connectivity index (χ1n) is 6.59. The zero-order valence-electron chi connectivity index (χ0n) is 11.8. The predicted molar refractivity (Wildman–Crippen MR) is 73.0 cm³/mol. The van der Waals surface area contributed by atoms with Gasteiger partial charge >= 0.3 is 11.7 Å². The molecule has 1 aromatic heterocycles. The molecule has 1 heterocycles. The minimum atomic E-state index is -1.07. The van der Waals surface area contributed by atoms with E-state index in [1.54, 1.807) is 0 Å². The second-order valence-electron chi connectivity index (χ2n) is 4.99. The number of ether oxygens (including phenoxy) is 1. The second kappa shape index (κ2) is 5.23. The van der Waals surface area contributed by atoms with E-state index in [2.05, 4.69) is 14.9 Å². The number of aromatic hydroxyl groups is 2. The monoisotopic (exact) mass is 321 g/mol. The van der Waals surface area contributed by atoms with E-state index in [1.807, 2.05) is 0 Å². The molecular formula is C13H11N3O7. The molecule has 0 spiro atoms. The van der Waals surface area contributed by atoms with Crippen molar-refractivity contribution in [3.05, 3.63) is 27.6 Å². The Morgan fingerprint density at radius 1 is 1.48 bits per heavy atom. The Kier molecular flexibility index (Phi) is 3.36. The fourth-order valence-corrected chi connectivity index (χ4v) is 2.15. The number of phenols is 2. The first-order valence-corrected chi connectivity index (χ1v) is 6.59. The molecule has 1 fully saturated rings. The van der Waals surface area contributed by atoms with Crippen LogP contribution in [0, 0.1) is 10.1 Å². The Labute approximate surface area is 128 Å². The van der Waals surface area contributed by atoms with E-state index < -0.39 is 33.6 Å². The van der Waals surface area contributed by atoms with Crippen LogP contribution in [0.3, 0.4) is 0 Å². The first kappa shape index (κ1) is 14.8. The third kappa shape index (κ3) is 2.43. The van der Waals surface area contributed by atoms with Gasteiger partial charge in [-0.1, -0.05) is 5.16 Å². The zero-order valence-corrected chi connectivity index (χ0v) is 11.8. The van der Waals surface area contributed by atoms with Crippen LogP contribution in [-0.2, 0) is 4.74 Å². The summed E-state index contributed by atoms with van der Waals surface area (Å²) in [5.41, 5.74) is -1.70. The van der Waals surface area contributed by atoms with Gasteiger partial charge in [0.25, 0.3) is 0 Å². The van der Waals surface area contributed by atoms with Crippen LogP contribution >= 0.6 is 0 Å². The molecule has 0 aliphatic heterocycles. The molecule has 0 amide bonds. The lowest BCUT2D eigenvalue weighted by Crippen LogP contribution is -2.09. The van der Waals surface area contributed by atoms with Crippen molar-refractivity contribution in [3.8, 4) is 22.9 Å². The van der Waals surface area contributed by atoms with Gasteiger partial charge < -0.3 is 19.5 Å². The molecule has 10 heteroatoms. The number of carbonyl (C=O) groups excluding carboxylic acids is 1. The molecule has 120 valence electrons.